The molecule has 108 valence electrons. The molecule has 0 bridgehead atoms. The molecule has 2 aromatic carbocycles. The fourth-order valence-electron chi connectivity index (χ4n) is 2.95. The fraction of sp³-hybridized carbons (Fsp3) is 0.222. The Bertz CT molecular complexity index is 779. The van der Waals surface area contributed by atoms with Crippen LogP contribution in [0.5, 0.6) is 0 Å². The van der Waals surface area contributed by atoms with Crippen LogP contribution < -0.4 is 5.32 Å². The largest absolute Gasteiger partial charge is 0.380 e. The molecule has 2 N–H and O–H groups in total. The first-order chi connectivity index (χ1) is 10.0. The third kappa shape index (κ3) is 2.77. The first-order valence-electron chi connectivity index (χ1n) is 7.12. The molecule has 0 unspecified atom stereocenters. The molecule has 0 radical (unpaired) electrons. The van der Waals surface area contributed by atoms with E-state index in [1.54, 1.807) is 0 Å². The molecule has 3 aromatic rings. The van der Waals surface area contributed by atoms with Crippen LogP contribution in [0.1, 0.15) is 22.3 Å². The van der Waals surface area contributed by atoms with Gasteiger partial charge in [-0.15, -0.1) is 0 Å². The van der Waals surface area contributed by atoms with Gasteiger partial charge in [0.15, 0.2) is 0 Å². The van der Waals surface area contributed by atoms with Gasteiger partial charge in [0.1, 0.15) is 0 Å². The zero-order chi connectivity index (χ0) is 15.0. The molecule has 2 nitrogen and oxygen atoms in total. The Balaban J connectivity index is 1.87. The molecule has 0 fully saturated rings. The highest BCUT2D eigenvalue weighted by molar-refractivity contribution is 6.31. The van der Waals surface area contributed by atoms with Gasteiger partial charge in [-0.25, -0.2) is 0 Å². The first-order valence-corrected chi connectivity index (χ1v) is 7.49. The van der Waals surface area contributed by atoms with Crippen LogP contribution in [0.2, 0.25) is 5.02 Å². The number of H-pyrrole nitrogens is 1. The number of aromatic nitrogens is 1. The number of hydrogen-bond donors (Lipinski definition) is 2. The summed E-state index contributed by atoms with van der Waals surface area (Å²) < 4.78 is 0. The van der Waals surface area contributed by atoms with E-state index in [2.05, 4.69) is 49.3 Å². The summed E-state index contributed by atoms with van der Waals surface area (Å²) in [6, 6.07) is 10.4. The molecule has 0 spiro atoms. The van der Waals surface area contributed by atoms with Crippen molar-refractivity contribution in [3.05, 3.63) is 63.8 Å². The van der Waals surface area contributed by atoms with Crippen LogP contribution in [0, 0.1) is 20.8 Å². The van der Waals surface area contributed by atoms with E-state index in [4.69, 9.17) is 11.6 Å². The Kier molecular flexibility index (Phi) is 3.64. The SMILES string of the molecule is Cc1cc(C)c(NCc2c[nH]c3cc(Cl)ccc23)c(C)c1. The van der Waals surface area contributed by atoms with E-state index < -0.39 is 0 Å². The number of aromatic amines is 1. The van der Waals surface area contributed by atoms with Crippen LogP contribution in [0.4, 0.5) is 5.69 Å². The average Bonchev–Trinajstić information content (AvgIpc) is 2.79. The summed E-state index contributed by atoms with van der Waals surface area (Å²) in [6.45, 7) is 7.23. The Labute approximate surface area is 130 Å². The first kappa shape index (κ1) is 14.0. The predicted octanol–water partition coefficient (Wildman–Crippen LogP) is 5.36. The van der Waals surface area contributed by atoms with E-state index in [9.17, 15) is 0 Å². The number of hydrogen-bond acceptors (Lipinski definition) is 1. The lowest BCUT2D eigenvalue weighted by molar-refractivity contribution is 1.14. The number of halogens is 1. The van der Waals surface area contributed by atoms with Crippen molar-refractivity contribution in [3.63, 3.8) is 0 Å². The Morgan fingerprint density at radius 3 is 2.48 bits per heavy atom. The highest BCUT2D eigenvalue weighted by atomic mass is 35.5. The van der Waals surface area contributed by atoms with Crippen LogP contribution in [0.25, 0.3) is 10.9 Å². The maximum absolute atomic E-state index is 6.02. The van der Waals surface area contributed by atoms with Crippen LogP contribution in [-0.2, 0) is 6.54 Å². The smallest absolute Gasteiger partial charge is 0.0472 e. The van der Waals surface area contributed by atoms with E-state index in [1.165, 1.54) is 33.3 Å². The summed E-state index contributed by atoms with van der Waals surface area (Å²) in [7, 11) is 0. The maximum atomic E-state index is 6.02. The van der Waals surface area contributed by atoms with Gasteiger partial charge in [0.25, 0.3) is 0 Å². The average molecular weight is 299 g/mol. The van der Waals surface area contributed by atoms with Gasteiger partial charge in [0, 0.05) is 34.4 Å². The topological polar surface area (TPSA) is 27.8 Å². The van der Waals surface area contributed by atoms with Gasteiger partial charge in [-0.2, -0.15) is 0 Å². The van der Waals surface area contributed by atoms with E-state index in [0.29, 0.717) is 0 Å². The Hall–Kier alpha value is -1.93. The number of anilines is 1. The zero-order valence-electron chi connectivity index (χ0n) is 12.5. The molecular formula is C18H19ClN2. The molecule has 1 aromatic heterocycles. The second-order valence-corrected chi connectivity index (χ2v) is 6.07. The van der Waals surface area contributed by atoms with Gasteiger partial charge < -0.3 is 10.3 Å². The van der Waals surface area contributed by atoms with Gasteiger partial charge in [0.05, 0.1) is 0 Å². The van der Waals surface area contributed by atoms with E-state index >= 15 is 0 Å². The van der Waals surface area contributed by atoms with Gasteiger partial charge in [-0.1, -0.05) is 35.4 Å². The third-order valence-corrected chi connectivity index (χ3v) is 4.10. The summed E-state index contributed by atoms with van der Waals surface area (Å²) in [4.78, 5) is 3.28. The van der Waals surface area contributed by atoms with E-state index in [0.717, 1.165) is 17.1 Å². The van der Waals surface area contributed by atoms with Crippen molar-refractivity contribution in [2.45, 2.75) is 27.3 Å². The highest BCUT2D eigenvalue weighted by Crippen LogP contribution is 2.25. The van der Waals surface area contributed by atoms with Crippen LogP contribution in [0.3, 0.4) is 0 Å². The summed E-state index contributed by atoms with van der Waals surface area (Å²) in [5, 5.41) is 5.54. The molecule has 0 aliphatic rings. The summed E-state index contributed by atoms with van der Waals surface area (Å²) in [5.74, 6) is 0. The molecular weight excluding hydrogens is 280 g/mol. The number of fused-ring (bicyclic) bond motifs is 1. The molecule has 3 rings (SSSR count). The number of nitrogens with one attached hydrogen (secondary N) is 2. The summed E-state index contributed by atoms with van der Waals surface area (Å²) in [6.07, 6.45) is 2.05. The lowest BCUT2D eigenvalue weighted by Crippen LogP contribution is -2.03. The van der Waals surface area contributed by atoms with Crippen LogP contribution in [0.15, 0.2) is 36.5 Å². The standard InChI is InChI=1S/C18H19ClN2/c1-11-6-12(2)18(13(3)7-11)21-10-14-9-20-17-8-15(19)4-5-16(14)17/h4-9,20-21H,10H2,1-3H3. The quantitative estimate of drug-likeness (QED) is 0.669. The van der Waals surface area contributed by atoms with Gasteiger partial charge in [-0.3, -0.25) is 0 Å². The summed E-state index contributed by atoms with van der Waals surface area (Å²) in [5.41, 5.74) is 7.43. The van der Waals surface area contributed by atoms with Crippen molar-refractivity contribution >= 4 is 28.2 Å². The molecule has 1 heterocycles. The van der Waals surface area contributed by atoms with Gasteiger partial charge in [-0.05, 0) is 49.6 Å². The molecule has 3 heteroatoms. The normalized spacial score (nSPS) is 11.0. The van der Waals surface area contributed by atoms with Crippen molar-refractivity contribution in [2.24, 2.45) is 0 Å². The second-order valence-electron chi connectivity index (χ2n) is 5.63. The second kappa shape index (κ2) is 5.45. The van der Waals surface area contributed by atoms with Crippen molar-refractivity contribution in [1.29, 1.82) is 0 Å². The van der Waals surface area contributed by atoms with Gasteiger partial charge >= 0.3 is 0 Å². The maximum Gasteiger partial charge on any atom is 0.0472 e. The van der Waals surface area contributed by atoms with E-state index in [1.807, 2.05) is 18.3 Å². The predicted molar refractivity (Wildman–Crippen MR) is 91.3 cm³/mol. The lowest BCUT2D eigenvalue weighted by atomic mass is 10.0. The van der Waals surface area contributed by atoms with Crippen LogP contribution >= 0.6 is 11.6 Å². The van der Waals surface area contributed by atoms with E-state index in [-0.39, 0.29) is 0 Å². The molecule has 0 amide bonds. The number of aryl methyl sites for hydroxylation is 3. The Morgan fingerprint density at radius 1 is 1.05 bits per heavy atom. The minimum absolute atomic E-state index is 0.758. The zero-order valence-corrected chi connectivity index (χ0v) is 13.3. The minimum Gasteiger partial charge on any atom is -0.380 e. The van der Waals surface area contributed by atoms with Crippen molar-refractivity contribution < 1.29 is 0 Å². The van der Waals surface area contributed by atoms with Crippen LogP contribution in [-0.4, -0.2) is 4.98 Å². The number of benzene rings is 2. The van der Waals surface area contributed by atoms with Crippen molar-refractivity contribution in [3.8, 4) is 0 Å². The molecule has 0 aliphatic heterocycles. The molecule has 0 atom stereocenters. The monoisotopic (exact) mass is 298 g/mol. The molecule has 0 aliphatic carbocycles. The molecule has 0 saturated carbocycles. The van der Waals surface area contributed by atoms with Crippen molar-refractivity contribution in [1.82, 2.24) is 4.98 Å². The minimum atomic E-state index is 0.758. The summed E-state index contributed by atoms with van der Waals surface area (Å²) >= 11 is 6.02. The van der Waals surface area contributed by atoms with Crippen molar-refractivity contribution in [2.75, 3.05) is 5.32 Å². The fourth-order valence-corrected chi connectivity index (χ4v) is 3.12. The number of rotatable bonds is 3. The molecule has 21 heavy (non-hydrogen) atoms. The third-order valence-electron chi connectivity index (χ3n) is 3.86. The van der Waals surface area contributed by atoms with Gasteiger partial charge in [0.2, 0.25) is 0 Å². The molecule has 0 saturated heterocycles. The highest BCUT2D eigenvalue weighted by Gasteiger charge is 2.07. The Morgan fingerprint density at radius 2 is 1.76 bits per heavy atom. The lowest BCUT2D eigenvalue weighted by Gasteiger charge is -2.13.